The Kier molecular flexibility index (Phi) is 3.77. The van der Waals surface area contributed by atoms with Gasteiger partial charge in [-0.25, -0.2) is 4.79 Å². The Labute approximate surface area is 87.9 Å². The molecule has 4 heteroatoms. The summed E-state index contributed by atoms with van der Waals surface area (Å²) in [7, 11) is 1.54. The van der Waals surface area contributed by atoms with Crippen LogP contribution in [0.4, 0.5) is 4.79 Å². The lowest BCUT2D eigenvalue weighted by Crippen LogP contribution is -2.26. The van der Waals surface area contributed by atoms with Gasteiger partial charge in [0.15, 0.2) is 0 Å². The Balaban J connectivity index is 2.54. The molecule has 0 aromatic heterocycles. The molecule has 0 atom stereocenters. The lowest BCUT2D eigenvalue weighted by Gasteiger charge is -2.12. The molecule has 0 heterocycles. The minimum Gasteiger partial charge on any atom is -0.465 e. The summed E-state index contributed by atoms with van der Waals surface area (Å²) < 4.78 is 0. The van der Waals surface area contributed by atoms with E-state index in [0.29, 0.717) is 18.0 Å². The minimum absolute atomic E-state index is 0.457. The number of halogens is 1. The van der Waals surface area contributed by atoms with Crippen molar-refractivity contribution in [3.63, 3.8) is 0 Å². The summed E-state index contributed by atoms with van der Waals surface area (Å²) >= 11 is 5.92. The van der Waals surface area contributed by atoms with Gasteiger partial charge in [-0.15, -0.1) is 0 Å². The number of likely N-dealkylation sites (N-methyl/N-ethyl adjacent to an activating group) is 1. The number of benzene rings is 1. The van der Waals surface area contributed by atoms with Gasteiger partial charge >= 0.3 is 6.09 Å². The Bertz CT molecular complexity index is 328. The number of amides is 1. The van der Waals surface area contributed by atoms with Crippen molar-refractivity contribution in [1.29, 1.82) is 0 Å². The second-order valence-electron chi connectivity index (χ2n) is 3.05. The summed E-state index contributed by atoms with van der Waals surface area (Å²) in [5.41, 5.74) is 0.974. The average molecular weight is 214 g/mol. The van der Waals surface area contributed by atoms with E-state index in [2.05, 4.69) is 0 Å². The molecule has 0 radical (unpaired) electrons. The summed E-state index contributed by atoms with van der Waals surface area (Å²) in [6.07, 6.45) is -0.278. The largest absolute Gasteiger partial charge is 0.465 e. The molecule has 1 amide bonds. The molecule has 0 saturated heterocycles. The normalized spacial score (nSPS) is 9.86. The van der Waals surface area contributed by atoms with Crippen molar-refractivity contribution >= 4 is 17.7 Å². The molecule has 0 fully saturated rings. The van der Waals surface area contributed by atoms with Crippen LogP contribution in [-0.4, -0.2) is 29.7 Å². The summed E-state index contributed by atoms with van der Waals surface area (Å²) in [5, 5.41) is 9.31. The number of rotatable bonds is 3. The van der Waals surface area contributed by atoms with Gasteiger partial charge in [0.2, 0.25) is 0 Å². The van der Waals surface area contributed by atoms with E-state index in [9.17, 15) is 4.79 Å². The monoisotopic (exact) mass is 213 g/mol. The second kappa shape index (κ2) is 4.86. The molecule has 0 bridgehead atoms. The third-order valence-corrected chi connectivity index (χ3v) is 2.37. The van der Waals surface area contributed by atoms with Crippen LogP contribution >= 0.6 is 11.6 Å². The highest BCUT2D eigenvalue weighted by Crippen LogP contribution is 2.15. The smallest absolute Gasteiger partial charge is 0.407 e. The van der Waals surface area contributed by atoms with Crippen LogP contribution in [-0.2, 0) is 6.42 Å². The van der Waals surface area contributed by atoms with E-state index in [1.165, 1.54) is 4.90 Å². The lowest BCUT2D eigenvalue weighted by molar-refractivity contribution is 0.156. The molecule has 1 aromatic rings. The van der Waals surface area contributed by atoms with E-state index < -0.39 is 6.09 Å². The highest BCUT2D eigenvalue weighted by Gasteiger charge is 2.06. The van der Waals surface area contributed by atoms with Crippen LogP contribution in [0.15, 0.2) is 24.3 Å². The maximum Gasteiger partial charge on any atom is 0.407 e. The fourth-order valence-electron chi connectivity index (χ4n) is 1.08. The van der Waals surface area contributed by atoms with E-state index >= 15 is 0 Å². The molecule has 1 rings (SSSR count). The van der Waals surface area contributed by atoms with Crippen molar-refractivity contribution in [3.05, 3.63) is 34.9 Å². The average Bonchev–Trinajstić information content (AvgIpc) is 2.16. The molecule has 3 nitrogen and oxygen atoms in total. The Morgan fingerprint density at radius 1 is 1.50 bits per heavy atom. The van der Waals surface area contributed by atoms with Gasteiger partial charge in [-0.05, 0) is 18.1 Å². The van der Waals surface area contributed by atoms with Crippen LogP contribution in [0.2, 0.25) is 5.02 Å². The van der Waals surface area contributed by atoms with Crippen molar-refractivity contribution in [3.8, 4) is 0 Å². The third-order valence-electron chi connectivity index (χ3n) is 2.00. The van der Waals surface area contributed by atoms with E-state index in [4.69, 9.17) is 16.7 Å². The molecule has 0 unspecified atom stereocenters. The van der Waals surface area contributed by atoms with Crippen molar-refractivity contribution in [1.82, 2.24) is 4.90 Å². The van der Waals surface area contributed by atoms with Gasteiger partial charge in [0, 0.05) is 18.6 Å². The minimum atomic E-state index is -0.919. The maximum absolute atomic E-state index is 10.5. The fraction of sp³-hybridized carbons (Fsp3) is 0.300. The predicted octanol–water partition coefficient (Wildman–Crippen LogP) is 2.49. The first-order chi connectivity index (χ1) is 6.61. The van der Waals surface area contributed by atoms with Gasteiger partial charge in [-0.3, -0.25) is 0 Å². The topological polar surface area (TPSA) is 40.5 Å². The summed E-state index contributed by atoms with van der Waals surface area (Å²) in [6.45, 7) is 0.457. The highest BCUT2D eigenvalue weighted by atomic mass is 35.5. The van der Waals surface area contributed by atoms with Crippen LogP contribution in [0.5, 0.6) is 0 Å². The zero-order valence-corrected chi connectivity index (χ0v) is 8.66. The molecule has 76 valence electrons. The number of hydrogen-bond donors (Lipinski definition) is 1. The quantitative estimate of drug-likeness (QED) is 0.838. The molecule has 0 spiro atoms. The first kappa shape index (κ1) is 10.9. The van der Waals surface area contributed by atoms with E-state index in [1.54, 1.807) is 13.1 Å². The number of nitrogens with zero attached hydrogens (tertiary/aromatic N) is 1. The Hall–Kier alpha value is -1.22. The van der Waals surface area contributed by atoms with Gasteiger partial charge < -0.3 is 10.0 Å². The SMILES string of the molecule is CN(CCc1ccccc1Cl)C(=O)O. The maximum atomic E-state index is 10.5. The molecule has 0 aliphatic heterocycles. The summed E-state index contributed by atoms with van der Waals surface area (Å²) in [6, 6.07) is 7.45. The molecule has 0 saturated carbocycles. The zero-order valence-electron chi connectivity index (χ0n) is 7.90. The van der Waals surface area contributed by atoms with Crippen molar-refractivity contribution in [2.45, 2.75) is 6.42 Å². The van der Waals surface area contributed by atoms with Crippen molar-refractivity contribution < 1.29 is 9.90 Å². The molecule has 1 aromatic carbocycles. The zero-order chi connectivity index (χ0) is 10.6. The Morgan fingerprint density at radius 3 is 2.71 bits per heavy atom. The van der Waals surface area contributed by atoms with Gasteiger partial charge in [0.1, 0.15) is 0 Å². The first-order valence-corrected chi connectivity index (χ1v) is 4.66. The van der Waals surface area contributed by atoms with Crippen LogP contribution in [0.3, 0.4) is 0 Å². The standard InChI is InChI=1S/C10H12ClNO2/c1-12(10(13)14)7-6-8-4-2-3-5-9(8)11/h2-5H,6-7H2,1H3,(H,13,14). The van der Waals surface area contributed by atoms with Gasteiger partial charge in [-0.2, -0.15) is 0 Å². The second-order valence-corrected chi connectivity index (χ2v) is 3.45. The van der Waals surface area contributed by atoms with E-state index in [0.717, 1.165) is 5.56 Å². The number of carboxylic acid groups (broad SMARTS) is 1. The van der Waals surface area contributed by atoms with E-state index in [-0.39, 0.29) is 0 Å². The Morgan fingerprint density at radius 2 is 2.14 bits per heavy atom. The van der Waals surface area contributed by atoms with Gasteiger partial charge in [-0.1, -0.05) is 29.8 Å². The molecule has 0 aliphatic carbocycles. The van der Waals surface area contributed by atoms with Crippen LogP contribution < -0.4 is 0 Å². The van der Waals surface area contributed by atoms with Gasteiger partial charge in [0.05, 0.1) is 0 Å². The van der Waals surface area contributed by atoms with Gasteiger partial charge in [0.25, 0.3) is 0 Å². The lowest BCUT2D eigenvalue weighted by atomic mass is 10.1. The van der Waals surface area contributed by atoms with Crippen molar-refractivity contribution in [2.75, 3.05) is 13.6 Å². The molecule has 14 heavy (non-hydrogen) atoms. The van der Waals surface area contributed by atoms with Crippen molar-refractivity contribution in [2.24, 2.45) is 0 Å². The predicted molar refractivity (Wildman–Crippen MR) is 55.8 cm³/mol. The first-order valence-electron chi connectivity index (χ1n) is 4.28. The third kappa shape index (κ3) is 2.92. The molecular formula is C10H12ClNO2. The summed E-state index contributed by atoms with van der Waals surface area (Å²) in [5.74, 6) is 0. The molecule has 1 N–H and O–H groups in total. The number of hydrogen-bond acceptors (Lipinski definition) is 1. The molecular weight excluding hydrogens is 202 g/mol. The van der Waals surface area contributed by atoms with Crippen LogP contribution in [0, 0.1) is 0 Å². The highest BCUT2D eigenvalue weighted by molar-refractivity contribution is 6.31. The number of carbonyl (C=O) groups is 1. The van der Waals surface area contributed by atoms with Crippen LogP contribution in [0.1, 0.15) is 5.56 Å². The van der Waals surface area contributed by atoms with E-state index in [1.807, 2.05) is 18.2 Å². The molecule has 0 aliphatic rings. The summed E-state index contributed by atoms with van der Waals surface area (Å²) in [4.78, 5) is 11.7. The van der Waals surface area contributed by atoms with Crippen LogP contribution in [0.25, 0.3) is 0 Å². The fourth-order valence-corrected chi connectivity index (χ4v) is 1.32.